The number of carboxylic acids is 1. The van der Waals surface area contributed by atoms with E-state index in [2.05, 4.69) is 20.4 Å². The lowest BCUT2D eigenvalue weighted by molar-refractivity contribution is -0.198. The number of nitrogens with two attached hydrogens (primary N) is 1. The van der Waals surface area contributed by atoms with Crippen LogP contribution in [0.15, 0.2) is 36.5 Å². The van der Waals surface area contributed by atoms with Crippen LogP contribution in [0.5, 0.6) is 5.88 Å². The van der Waals surface area contributed by atoms with Gasteiger partial charge < -0.3 is 30.5 Å². The highest BCUT2D eigenvalue weighted by Gasteiger charge is 2.46. The molecule has 2 aromatic heterocycles. The fourth-order valence-electron chi connectivity index (χ4n) is 5.63. The van der Waals surface area contributed by atoms with E-state index in [4.69, 9.17) is 15.2 Å². The van der Waals surface area contributed by atoms with E-state index >= 15 is 0 Å². The van der Waals surface area contributed by atoms with Crippen LogP contribution in [0.3, 0.4) is 0 Å². The van der Waals surface area contributed by atoms with Crippen molar-refractivity contribution in [2.45, 2.75) is 51.4 Å². The first-order valence-electron chi connectivity index (χ1n) is 13.8. The maximum atomic E-state index is 14.7. The number of carbonyl (C=O) groups excluding carboxylic acids is 1. The number of aliphatic carboxylic acids is 1. The molecule has 2 fully saturated rings. The lowest BCUT2D eigenvalue weighted by Crippen LogP contribution is -2.41. The number of esters is 1. The molecule has 2 atom stereocenters. The standard InChI is InChI=1S/C28H32F3N7O5/c1-3-42-25(41)17-4-5-20(38-9-6-16(2)36-38)18(12-17)23(28(29,30)31)43-22-13-21(34-26(32)35-22)37-10-7-27(8-11-37)14-19(24(39)40)33-15-27/h4-6,9,12-13,19,23,33H,3,7-8,10-11,14-15H2,1-2H3,(H,39,40)(H2,32,34,35). The van der Waals surface area contributed by atoms with Crippen molar-refractivity contribution in [1.29, 1.82) is 0 Å². The minimum Gasteiger partial charge on any atom is -0.480 e. The Bertz CT molecular complexity index is 1500. The predicted octanol–water partition coefficient (Wildman–Crippen LogP) is 3.45. The third kappa shape index (κ3) is 6.50. The van der Waals surface area contributed by atoms with Crippen molar-refractivity contribution < 1.29 is 37.3 Å². The molecule has 0 amide bonds. The first kappa shape index (κ1) is 30.1. The molecular formula is C28H32F3N7O5. The van der Waals surface area contributed by atoms with Gasteiger partial charge in [0, 0.05) is 37.5 Å². The number of carbonyl (C=O) groups is 2. The van der Waals surface area contributed by atoms with Crippen molar-refractivity contribution in [3.63, 3.8) is 0 Å². The molecular weight excluding hydrogens is 571 g/mol. The normalized spacial score (nSPS) is 18.9. The Kier molecular flexibility index (Phi) is 8.18. The summed E-state index contributed by atoms with van der Waals surface area (Å²) in [4.78, 5) is 33.9. The van der Waals surface area contributed by atoms with Crippen LogP contribution in [-0.4, -0.2) is 75.3 Å². The number of nitrogens with one attached hydrogen (secondary N) is 1. The van der Waals surface area contributed by atoms with Gasteiger partial charge in [-0.15, -0.1) is 0 Å². The number of halogens is 3. The number of rotatable bonds is 8. The quantitative estimate of drug-likeness (QED) is 0.324. The molecule has 43 heavy (non-hydrogen) atoms. The number of aromatic nitrogens is 4. The van der Waals surface area contributed by atoms with Crippen LogP contribution in [0.4, 0.5) is 24.9 Å². The van der Waals surface area contributed by atoms with Crippen molar-refractivity contribution in [1.82, 2.24) is 25.1 Å². The molecule has 0 saturated carbocycles. The van der Waals surface area contributed by atoms with Crippen LogP contribution in [0.25, 0.3) is 5.69 Å². The van der Waals surface area contributed by atoms with Gasteiger partial charge in [0.2, 0.25) is 17.9 Å². The smallest absolute Gasteiger partial charge is 0.429 e. The molecule has 2 aliphatic rings. The van der Waals surface area contributed by atoms with E-state index in [-0.39, 0.29) is 34.8 Å². The van der Waals surface area contributed by atoms with E-state index in [0.29, 0.717) is 50.4 Å². The second-order valence-corrected chi connectivity index (χ2v) is 10.8. The summed E-state index contributed by atoms with van der Waals surface area (Å²) in [6.45, 7) is 4.91. The molecule has 3 aromatic rings. The number of hydrogen-bond acceptors (Lipinski definition) is 10. The average molecular weight is 604 g/mol. The minimum absolute atomic E-state index is 0.0464. The van der Waals surface area contributed by atoms with Crippen LogP contribution in [0.1, 0.15) is 53.9 Å². The Morgan fingerprint density at radius 3 is 2.56 bits per heavy atom. The number of anilines is 2. The molecule has 0 aliphatic carbocycles. The second-order valence-electron chi connectivity index (χ2n) is 10.8. The van der Waals surface area contributed by atoms with Gasteiger partial charge >= 0.3 is 18.1 Å². The first-order valence-corrected chi connectivity index (χ1v) is 13.8. The fourth-order valence-corrected chi connectivity index (χ4v) is 5.63. The highest BCUT2D eigenvalue weighted by Crippen LogP contribution is 2.42. The van der Waals surface area contributed by atoms with Crippen LogP contribution < -0.4 is 20.7 Å². The molecule has 12 nitrogen and oxygen atoms in total. The van der Waals surface area contributed by atoms with Crippen molar-refractivity contribution in [3.8, 4) is 11.6 Å². The van der Waals surface area contributed by atoms with Gasteiger partial charge in [0.25, 0.3) is 0 Å². The molecule has 0 bridgehead atoms. The zero-order valence-electron chi connectivity index (χ0n) is 23.6. The zero-order valence-corrected chi connectivity index (χ0v) is 23.6. The van der Waals surface area contributed by atoms with E-state index in [1.165, 1.54) is 29.1 Å². The van der Waals surface area contributed by atoms with Gasteiger partial charge in [-0.2, -0.15) is 28.2 Å². The van der Waals surface area contributed by atoms with Gasteiger partial charge in [-0.3, -0.25) is 4.79 Å². The van der Waals surface area contributed by atoms with E-state index in [1.807, 2.05) is 4.90 Å². The highest BCUT2D eigenvalue weighted by molar-refractivity contribution is 5.90. The molecule has 230 valence electrons. The van der Waals surface area contributed by atoms with E-state index in [0.717, 1.165) is 6.07 Å². The van der Waals surface area contributed by atoms with Crippen molar-refractivity contribution in [2.24, 2.45) is 5.41 Å². The SMILES string of the molecule is CCOC(=O)c1ccc(-n2ccc(C)n2)c(C(Oc2cc(N3CCC4(CC3)CNC(C(=O)O)C4)nc(N)n2)C(F)(F)F)c1. The molecule has 2 saturated heterocycles. The summed E-state index contributed by atoms with van der Waals surface area (Å²) in [5.41, 5.74) is 5.91. The molecule has 5 rings (SSSR count). The zero-order chi connectivity index (χ0) is 30.9. The molecule has 2 aliphatic heterocycles. The molecule has 4 heterocycles. The van der Waals surface area contributed by atoms with Crippen LogP contribution in [-0.2, 0) is 9.53 Å². The number of aryl methyl sites for hydroxylation is 1. The number of hydrogen-bond donors (Lipinski definition) is 3. The van der Waals surface area contributed by atoms with Crippen molar-refractivity contribution in [2.75, 3.05) is 36.9 Å². The van der Waals surface area contributed by atoms with E-state index in [1.54, 1.807) is 19.9 Å². The number of carboxylic acid groups (broad SMARTS) is 1. The Morgan fingerprint density at radius 2 is 1.95 bits per heavy atom. The monoisotopic (exact) mass is 603 g/mol. The van der Waals surface area contributed by atoms with Gasteiger partial charge in [0.05, 0.1) is 23.6 Å². The second kappa shape index (κ2) is 11.7. The van der Waals surface area contributed by atoms with Crippen LogP contribution in [0.2, 0.25) is 0 Å². The largest absolute Gasteiger partial charge is 0.480 e. The number of ether oxygens (including phenoxy) is 2. The summed E-state index contributed by atoms with van der Waals surface area (Å²) in [5.74, 6) is -2.05. The number of nitrogens with zero attached hydrogens (tertiary/aromatic N) is 5. The minimum atomic E-state index is -4.93. The summed E-state index contributed by atoms with van der Waals surface area (Å²) in [7, 11) is 0. The maximum Gasteiger partial charge on any atom is 0.429 e. The van der Waals surface area contributed by atoms with Gasteiger partial charge in [0.1, 0.15) is 11.9 Å². The molecule has 1 aromatic carbocycles. The molecule has 15 heteroatoms. The Labute approximate surface area is 245 Å². The molecule has 1 spiro atoms. The average Bonchev–Trinajstić information content (AvgIpc) is 3.57. The maximum absolute atomic E-state index is 14.7. The third-order valence-electron chi connectivity index (χ3n) is 7.84. The Hall–Kier alpha value is -4.40. The number of nitrogen functional groups attached to an aromatic ring is 1. The third-order valence-corrected chi connectivity index (χ3v) is 7.84. The fraction of sp³-hybridized carbons (Fsp3) is 0.464. The van der Waals surface area contributed by atoms with E-state index < -0.39 is 36.1 Å². The summed E-state index contributed by atoms with van der Waals surface area (Å²) in [5, 5.41) is 16.7. The number of benzene rings is 1. The highest BCUT2D eigenvalue weighted by atomic mass is 19.4. The predicted molar refractivity (Wildman–Crippen MR) is 148 cm³/mol. The topological polar surface area (TPSA) is 158 Å². The lowest BCUT2D eigenvalue weighted by Gasteiger charge is -2.39. The van der Waals surface area contributed by atoms with Gasteiger partial charge in [0.15, 0.2) is 0 Å². The Morgan fingerprint density at radius 1 is 1.21 bits per heavy atom. The van der Waals surface area contributed by atoms with E-state index in [9.17, 15) is 27.9 Å². The van der Waals surface area contributed by atoms with Crippen molar-refractivity contribution in [3.05, 3.63) is 53.3 Å². The van der Waals surface area contributed by atoms with Gasteiger partial charge in [-0.25, -0.2) is 9.48 Å². The Balaban J connectivity index is 1.45. The first-order chi connectivity index (χ1) is 20.4. The molecule has 4 N–H and O–H groups in total. The van der Waals surface area contributed by atoms with Crippen LogP contribution in [0, 0.1) is 12.3 Å². The van der Waals surface area contributed by atoms with Crippen LogP contribution >= 0.6 is 0 Å². The lowest BCUT2D eigenvalue weighted by atomic mass is 9.76. The number of alkyl halides is 3. The van der Waals surface area contributed by atoms with Gasteiger partial charge in [-0.05, 0) is 62.8 Å². The van der Waals surface area contributed by atoms with Crippen molar-refractivity contribution >= 4 is 23.7 Å². The number of piperidine rings is 1. The molecule has 0 radical (unpaired) electrons. The summed E-state index contributed by atoms with van der Waals surface area (Å²) in [6.07, 6.45) is -4.13. The summed E-state index contributed by atoms with van der Waals surface area (Å²) in [6, 6.07) is 6.13. The summed E-state index contributed by atoms with van der Waals surface area (Å²) < 4.78 is 55.9. The molecule has 2 unspecified atom stereocenters. The summed E-state index contributed by atoms with van der Waals surface area (Å²) >= 11 is 0. The van der Waals surface area contributed by atoms with Gasteiger partial charge in [-0.1, -0.05) is 0 Å².